The second-order valence-electron chi connectivity index (χ2n) is 8.94. The Balaban J connectivity index is 1.52. The number of amides is 1. The molecular formula is C28H29FN6O4. The second-order valence-corrected chi connectivity index (χ2v) is 8.94. The molecule has 0 aromatic heterocycles. The summed E-state index contributed by atoms with van der Waals surface area (Å²) in [7, 11) is 0. The summed E-state index contributed by atoms with van der Waals surface area (Å²) in [6, 6.07) is 20.4. The molecule has 0 spiro atoms. The van der Waals surface area contributed by atoms with Crippen LogP contribution in [0.25, 0.3) is 10.4 Å². The van der Waals surface area contributed by atoms with Gasteiger partial charge in [0.15, 0.2) is 5.54 Å². The van der Waals surface area contributed by atoms with Crippen molar-refractivity contribution in [3.8, 4) is 5.75 Å². The van der Waals surface area contributed by atoms with E-state index >= 15 is 0 Å². The molecule has 0 fully saturated rings. The summed E-state index contributed by atoms with van der Waals surface area (Å²) < 4.78 is 25.0. The van der Waals surface area contributed by atoms with E-state index in [4.69, 9.17) is 25.1 Å². The highest BCUT2D eigenvalue weighted by Crippen LogP contribution is 2.31. The maximum absolute atomic E-state index is 13.5. The average Bonchev–Trinajstić information content (AvgIpc) is 3.38. The molecule has 1 heterocycles. The molecule has 0 bridgehead atoms. The van der Waals surface area contributed by atoms with E-state index < -0.39 is 11.4 Å². The Bertz CT molecular complexity index is 1360. The third-order valence-electron chi connectivity index (χ3n) is 6.11. The summed E-state index contributed by atoms with van der Waals surface area (Å²) in [5, 5.41) is 12.7. The van der Waals surface area contributed by atoms with Crippen LogP contribution in [0.1, 0.15) is 23.1 Å². The highest BCUT2D eigenvalue weighted by molar-refractivity contribution is 6.00. The molecule has 0 saturated carbocycles. The van der Waals surface area contributed by atoms with Gasteiger partial charge in [0.1, 0.15) is 18.2 Å². The summed E-state index contributed by atoms with van der Waals surface area (Å²) in [5.41, 5.74) is 15.8. The minimum Gasteiger partial charge on any atom is -0.494 e. The number of carbonyl (C=O) groups is 1. The van der Waals surface area contributed by atoms with Crippen molar-refractivity contribution in [2.75, 3.05) is 26.4 Å². The Kier molecular flexibility index (Phi) is 9.47. The fourth-order valence-electron chi connectivity index (χ4n) is 4.11. The molecule has 3 aromatic carbocycles. The fraction of sp³-hybridized carbons (Fsp3) is 0.286. The van der Waals surface area contributed by atoms with Crippen LogP contribution in [0.2, 0.25) is 0 Å². The largest absolute Gasteiger partial charge is 0.494 e. The van der Waals surface area contributed by atoms with E-state index in [-0.39, 0.29) is 25.5 Å². The van der Waals surface area contributed by atoms with Crippen molar-refractivity contribution in [3.63, 3.8) is 0 Å². The van der Waals surface area contributed by atoms with Gasteiger partial charge in [0.2, 0.25) is 5.90 Å². The SMILES string of the molecule is [N-]=[N+]=Nc1ccccc1C[C@@]1(C(=O)NNCCc2cccc(F)c2)COC(c2ccc(OCCCO)cc2)=N1. The van der Waals surface area contributed by atoms with Crippen LogP contribution in [0.3, 0.4) is 0 Å². The minimum absolute atomic E-state index is 0.0287. The van der Waals surface area contributed by atoms with Crippen molar-refractivity contribution in [2.24, 2.45) is 10.1 Å². The van der Waals surface area contributed by atoms with Crippen LogP contribution in [0.4, 0.5) is 10.1 Å². The first kappa shape index (κ1) is 27.6. The number of nitrogens with one attached hydrogen (secondary N) is 2. The lowest BCUT2D eigenvalue weighted by atomic mass is 9.91. The van der Waals surface area contributed by atoms with Gasteiger partial charge in [-0.3, -0.25) is 10.2 Å². The van der Waals surface area contributed by atoms with Crippen LogP contribution < -0.4 is 15.6 Å². The lowest BCUT2D eigenvalue weighted by molar-refractivity contribution is -0.127. The molecule has 202 valence electrons. The van der Waals surface area contributed by atoms with Gasteiger partial charge in [0, 0.05) is 42.2 Å². The second kappa shape index (κ2) is 13.4. The molecule has 3 aromatic rings. The molecule has 1 amide bonds. The molecule has 1 aliphatic heterocycles. The average molecular weight is 533 g/mol. The van der Waals surface area contributed by atoms with Crippen molar-refractivity contribution >= 4 is 17.5 Å². The maximum Gasteiger partial charge on any atom is 0.266 e. The molecular weight excluding hydrogens is 503 g/mol. The van der Waals surface area contributed by atoms with Crippen molar-refractivity contribution in [2.45, 2.75) is 24.8 Å². The van der Waals surface area contributed by atoms with Gasteiger partial charge in [-0.05, 0) is 59.5 Å². The number of aliphatic hydroxyl groups is 1. The van der Waals surface area contributed by atoms with Crippen molar-refractivity contribution in [1.29, 1.82) is 0 Å². The van der Waals surface area contributed by atoms with E-state index in [1.54, 1.807) is 54.6 Å². The number of azide groups is 1. The van der Waals surface area contributed by atoms with Gasteiger partial charge in [0.25, 0.3) is 5.91 Å². The molecule has 0 saturated heterocycles. The number of rotatable bonds is 13. The number of carbonyl (C=O) groups excluding carboxylic acids is 1. The Morgan fingerprint density at radius 1 is 1.18 bits per heavy atom. The van der Waals surface area contributed by atoms with Gasteiger partial charge in [-0.2, -0.15) is 0 Å². The molecule has 0 aliphatic carbocycles. The molecule has 1 atom stereocenters. The highest BCUT2D eigenvalue weighted by Gasteiger charge is 2.45. The van der Waals surface area contributed by atoms with Gasteiger partial charge in [-0.25, -0.2) is 14.8 Å². The number of hydrazine groups is 1. The molecule has 10 nitrogen and oxygen atoms in total. The Morgan fingerprint density at radius 3 is 2.77 bits per heavy atom. The minimum atomic E-state index is -1.33. The van der Waals surface area contributed by atoms with E-state index in [9.17, 15) is 9.18 Å². The van der Waals surface area contributed by atoms with Gasteiger partial charge in [-0.15, -0.1) is 0 Å². The molecule has 1 aliphatic rings. The molecule has 39 heavy (non-hydrogen) atoms. The van der Waals surface area contributed by atoms with Gasteiger partial charge >= 0.3 is 0 Å². The number of benzene rings is 3. The van der Waals surface area contributed by atoms with Crippen molar-refractivity contribution in [1.82, 2.24) is 10.9 Å². The predicted molar refractivity (Wildman–Crippen MR) is 144 cm³/mol. The summed E-state index contributed by atoms with van der Waals surface area (Å²) in [4.78, 5) is 21.1. The third kappa shape index (κ3) is 7.32. The maximum atomic E-state index is 13.5. The van der Waals surface area contributed by atoms with Crippen LogP contribution in [-0.2, 0) is 22.4 Å². The number of halogens is 1. The first-order valence-corrected chi connectivity index (χ1v) is 12.5. The first-order valence-electron chi connectivity index (χ1n) is 12.5. The highest BCUT2D eigenvalue weighted by atomic mass is 19.1. The zero-order valence-electron chi connectivity index (χ0n) is 21.2. The molecule has 4 rings (SSSR count). The number of ether oxygens (including phenoxy) is 2. The molecule has 0 unspecified atom stereocenters. The standard InChI is InChI=1S/C28H29FN6O4/c29-23-7-3-5-20(17-23)13-14-31-34-27(37)28(18-22-6-1-2-8-25(22)33-35-30)19-39-26(32-28)21-9-11-24(12-10-21)38-16-4-15-36/h1-3,5-12,17,31,36H,4,13-16,18-19H2,(H,34,37)/t28-/m0/s1. The topological polar surface area (TPSA) is 141 Å². The number of aliphatic imine (C=N–C) groups is 1. The van der Waals surface area contributed by atoms with Crippen LogP contribution in [0.15, 0.2) is 82.9 Å². The predicted octanol–water partition coefficient (Wildman–Crippen LogP) is 4.15. The molecule has 11 heteroatoms. The van der Waals surface area contributed by atoms with E-state index in [1.165, 1.54) is 12.1 Å². The first-order chi connectivity index (χ1) is 19.0. The van der Waals surface area contributed by atoms with E-state index in [2.05, 4.69) is 20.9 Å². The molecule has 3 N–H and O–H groups in total. The molecule has 0 radical (unpaired) electrons. The number of nitrogens with zero attached hydrogens (tertiary/aromatic N) is 4. The zero-order chi connectivity index (χ0) is 27.5. The van der Waals surface area contributed by atoms with E-state index in [1.807, 2.05) is 6.07 Å². The van der Waals surface area contributed by atoms with Crippen LogP contribution in [0, 0.1) is 5.82 Å². The summed E-state index contributed by atoms with van der Waals surface area (Å²) in [6.07, 6.45) is 1.16. The van der Waals surface area contributed by atoms with E-state index in [0.717, 1.165) is 5.56 Å². The summed E-state index contributed by atoms with van der Waals surface area (Å²) in [6.45, 7) is 0.789. The lowest BCUT2D eigenvalue weighted by Crippen LogP contribution is -2.53. The smallest absolute Gasteiger partial charge is 0.266 e. The lowest BCUT2D eigenvalue weighted by Gasteiger charge is -2.24. The Hall–Kier alpha value is -4.44. The normalized spacial score (nSPS) is 16.1. The van der Waals surface area contributed by atoms with Gasteiger partial charge < -0.3 is 14.6 Å². The number of hydrogen-bond acceptors (Lipinski definition) is 7. The fourth-order valence-corrected chi connectivity index (χ4v) is 4.11. The zero-order valence-corrected chi connectivity index (χ0v) is 21.2. The summed E-state index contributed by atoms with van der Waals surface area (Å²) >= 11 is 0. The van der Waals surface area contributed by atoms with Gasteiger partial charge in [0.05, 0.1) is 6.61 Å². The van der Waals surface area contributed by atoms with Crippen molar-refractivity contribution in [3.05, 3.63) is 106 Å². The third-order valence-corrected chi connectivity index (χ3v) is 6.11. The van der Waals surface area contributed by atoms with Gasteiger partial charge in [-0.1, -0.05) is 41.5 Å². The summed E-state index contributed by atoms with van der Waals surface area (Å²) in [5.74, 6) is 0.203. The van der Waals surface area contributed by atoms with Crippen LogP contribution >= 0.6 is 0 Å². The monoisotopic (exact) mass is 532 g/mol. The van der Waals surface area contributed by atoms with E-state index in [0.29, 0.717) is 54.5 Å². The Labute approximate surface area is 225 Å². The van der Waals surface area contributed by atoms with Crippen LogP contribution in [-0.4, -0.2) is 48.8 Å². The number of hydrogen-bond donors (Lipinski definition) is 3. The van der Waals surface area contributed by atoms with Crippen LogP contribution in [0.5, 0.6) is 5.75 Å². The van der Waals surface area contributed by atoms with Crippen molar-refractivity contribution < 1.29 is 23.8 Å². The quantitative estimate of drug-likeness (QED) is 0.0997. The Morgan fingerprint density at radius 2 is 2.00 bits per heavy atom. The number of aliphatic hydroxyl groups excluding tert-OH is 1.